The molecule has 2 rings (SSSR count). The number of hydrogen-bond acceptors (Lipinski definition) is 4. The molecule has 2 fully saturated rings. The molecule has 1 unspecified atom stereocenters. The summed E-state index contributed by atoms with van der Waals surface area (Å²) < 4.78 is 10.7. The summed E-state index contributed by atoms with van der Waals surface area (Å²) in [4.78, 5) is 18.8. The highest BCUT2D eigenvalue weighted by Crippen LogP contribution is 2.32. The van der Waals surface area contributed by atoms with E-state index in [1.165, 1.54) is 0 Å². The lowest BCUT2D eigenvalue weighted by Crippen LogP contribution is -2.48. The molecule has 1 amide bonds. The van der Waals surface area contributed by atoms with Gasteiger partial charge < -0.3 is 25.0 Å². The minimum absolute atomic E-state index is 0. The SMILES string of the molecule is CCNC(=NCC(NC(=O)OCC)C1CC1)N1CCC(OCC)CC1.I. The summed E-state index contributed by atoms with van der Waals surface area (Å²) in [5.41, 5.74) is 0. The number of nitrogens with zero attached hydrogens (tertiary/aromatic N) is 2. The average Bonchev–Trinajstić information content (AvgIpc) is 3.44. The number of carbonyl (C=O) groups excluding carboxylic acids is 1. The number of piperidine rings is 1. The lowest BCUT2D eigenvalue weighted by atomic mass is 10.1. The van der Waals surface area contributed by atoms with Crippen LogP contribution in [-0.2, 0) is 9.47 Å². The Morgan fingerprint density at radius 1 is 1.15 bits per heavy atom. The predicted octanol–water partition coefficient (Wildman–Crippen LogP) is 2.60. The normalized spacial score (nSPS) is 19.5. The Morgan fingerprint density at radius 2 is 1.85 bits per heavy atom. The predicted molar refractivity (Wildman–Crippen MR) is 114 cm³/mol. The first kappa shape index (κ1) is 23.3. The molecule has 1 saturated heterocycles. The van der Waals surface area contributed by atoms with E-state index < -0.39 is 0 Å². The number of carbonyl (C=O) groups is 1. The Bertz CT molecular complexity index is 438. The van der Waals surface area contributed by atoms with Crippen molar-refractivity contribution in [1.82, 2.24) is 15.5 Å². The summed E-state index contributed by atoms with van der Waals surface area (Å²) in [6, 6.07) is 0.0636. The van der Waals surface area contributed by atoms with E-state index in [9.17, 15) is 4.79 Å². The molecule has 1 aliphatic carbocycles. The van der Waals surface area contributed by atoms with Crippen LogP contribution in [0.2, 0.25) is 0 Å². The van der Waals surface area contributed by atoms with Crippen molar-refractivity contribution >= 4 is 36.0 Å². The van der Waals surface area contributed by atoms with E-state index in [2.05, 4.69) is 22.5 Å². The Hall–Kier alpha value is -0.770. The molecule has 0 aromatic rings. The fourth-order valence-electron chi connectivity index (χ4n) is 3.22. The smallest absolute Gasteiger partial charge is 0.407 e. The van der Waals surface area contributed by atoms with Gasteiger partial charge >= 0.3 is 6.09 Å². The zero-order valence-corrected chi connectivity index (χ0v) is 18.7. The van der Waals surface area contributed by atoms with Crippen molar-refractivity contribution in [2.24, 2.45) is 10.9 Å². The quantitative estimate of drug-likeness (QED) is 0.316. The molecule has 7 nitrogen and oxygen atoms in total. The van der Waals surface area contributed by atoms with Crippen LogP contribution in [0, 0.1) is 5.92 Å². The topological polar surface area (TPSA) is 75.2 Å². The van der Waals surface area contributed by atoms with Crippen LogP contribution in [0.3, 0.4) is 0 Å². The van der Waals surface area contributed by atoms with E-state index in [4.69, 9.17) is 14.5 Å². The highest BCUT2D eigenvalue weighted by Gasteiger charge is 2.33. The lowest BCUT2D eigenvalue weighted by molar-refractivity contribution is 0.0263. The monoisotopic (exact) mass is 482 g/mol. The van der Waals surface area contributed by atoms with Gasteiger partial charge in [-0.05, 0) is 52.4 Å². The van der Waals surface area contributed by atoms with Gasteiger partial charge in [0.05, 0.1) is 25.3 Å². The summed E-state index contributed by atoms with van der Waals surface area (Å²) in [7, 11) is 0. The van der Waals surface area contributed by atoms with E-state index in [1.807, 2.05) is 13.8 Å². The van der Waals surface area contributed by atoms with Crippen LogP contribution in [0.15, 0.2) is 4.99 Å². The first-order chi connectivity index (χ1) is 12.2. The van der Waals surface area contributed by atoms with Crippen molar-refractivity contribution in [3.8, 4) is 0 Å². The zero-order valence-electron chi connectivity index (χ0n) is 16.3. The molecule has 0 spiro atoms. The molecule has 1 aliphatic heterocycles. The van der Waals surface area contributed by atoms with Crippen molar-refractivity contribution in [3.05, 3.63) is 0 Å². The number of alkyl carbamates (subject to hydrolysis) is 1. The number of guanidine groups is 1. The first-order valence-corrected chi connectivity index (χ1v) is 9.76. The second-order valence-electron chi connectivity index (χ2n) is 6.65. The van der Waals surface area contributed by atoms with Crippen LogP contribution in [0.5, 0.6) is 0 Å². The molecule has 26 heavy (non-hydrogen) atoms. The highest BCUT2D eigenvalue weighted by atomic mass is 127. The van der Waals surface area contributed by atoms with Gasteiger partial charge in [-0.15, -0.1) is 24.0 Å². The van der Waals surface area contributed by atoms with Crippen molar-refractivity contribution in [2.75, 3.05) is 39.4 Å². The van der Waals surface area contributed by atoms with E-state index >= 15 is 0 Å². The first-order valence-electron chi connectivity index (χ1n) is 9.76. The van der Waals surface area contributed by atoms with Gasteiger partial charge in [-0.3, -0.25) is 4.99 Å². The molecule has 0 aromatic heterocycles. The van der Waals surface area contributed by atoms with Gasteiger partial charge in [0.2, 0.25) is 0 Å². The number of ether oxygens (including phenoxy) is 2. The van der Waals surface area contributed by atoms with Crippen molar-refractivity contribution < 1.29 is 14.3 Å². The molecule has 8 heteroatoms. The van der Waals surface area contributed by atoms with Gasteiger partial charge in [-0.2, -0.15) is 0 Å². The molecule has 1 atom stereocenters. The summed E-state index contributed by atoms with van der Waals surface area (Å²) in [5, 5.41) is 6.35. The summed E-state index contributed by atoms with van der Waals surface area (Å²) in [6.07, 6.45) is 4.41. The number of amides is 1. The van der Waals surface area contributed by atoms with E-state index in [0.717, 1.165) is 57.9 Å². The molecule has 2 N–H and O–H groups in total. The second-order valence-corrected chi connectivity index (χ2v) is 6.65. The Kier molecular flexibility index (Phi) is 11.3. The largest absolute Gasteiger partial charge is 0.450 e. The Morgan fingerprint density at radius 3 is 2.38 bits per heavy atom. The number of hydrogen-bond donors (Lipinski definition) is 2. The zero-order chi connectivity index (χ0) is 18.1. The van der Waals surface area contributed by atoms with Crippen LogP contribution in [0.4, 0.5) is 4.79 Å². The standard InChI is InChI=1S/C18H34N4O3.HI/c1-4-19-17(22-11-9-15(10-12-22)24-5-2)20-13-16(14-7-8-14)21-18(23)25-6-3;/h14-16H,4-13H2,1-3H3,(H,19,20)(H,21,23);1H. The summed E-state index contributed by atoms with van der Waals surface area (Å²) >= 11 is 0. The Labute approximate surface area is 174 Å². The van der Waals surface area contributed by atoms with Crippen LogP contribution < -0.4 is 10.6 Å². The molecule has 0 aromatic carbocycles. The fraction of sp³-hybridized carbons (Fsp3) is 0.889. The lowest BCUT2D eigenvalue weighted by Gasteiger charge is -2.34. The van der Waals surface area contributed by atoms with Gasteiger partial charge in [0, 0.05) is 26.2 Å². The van der Waals surface area contributed by atoms with E-state index in [-0.39, 0.29) is 36.1 Å². The maximum atomic E-state index is 11.7. The third-order valence-corrected chi connectivity index (χ3v) is 4.69. The van der Waals surface area contributed by atoms with Gasteiger partial charge in [-0.25, -0.2) is 4.79 Å². The number of nitrogens with one attached hydrogen (secondary N) is 2. The van der Waals surface area contributed by atoms with E-state index in [1.54, 1.807) is 0 Å². The van der Waals surface area contributed by atoms with E-state index in [0.29, 0.717) is 25.2 Å². The molecule has 0 bridgehead atoms. The van der Waals surface area contributed by atoms with Crippen molar-refractivity contribution in [2.45, 2.75) is 58.6 Å². The van der Waals surface area contributed by atoms with Crippen LogP contribution in [0.25, 0.3) is 0 Å². The summed E-state index contributed by atoms with van der Waals surface area (Å²) in [6.45, 7) is 10.5. The Balaban J connectivity index is 0.00000338. The second kappa shape index (κ2) is 12.6. The number of halogens is 1. The summed E-state index contributed by atoms with van der Waals surface area (Å²) in [5.74, 6) is 1.47. The molecule has 2 aliphatic rings. The molecule has 1 heterocycles. The molecular formula is C18H35IN4O3. The van der Waals surface area contributed by atoms with Gasteiger partial charge in [0.25, 0.3) is 0 Å². The minimum Gasteiger partial charge on any atom is -0.450 e. The maximum Gasteiger partial charge on any atom is 0.407 e. The third-order valence-electron chi connectivity index (χ3n) is 4.69. The maximum absolute atomic E-state index is 11.7. The minimum atomic E-state index is -0.336. The average molecular weight is 482 g/mol. The fourth-order valence-corrected chi connectivity index (χ4v) is 3.22. The molecule has 152 valence electrons. The van der Waals surface area contributed by atoms with Crippen LogP contribution in [-0.4, -0.2) is 68.5 Å². The van der Waals surface area contributed by atoms with Gasteiger partial charge in [0.1, 0.15) is 0 Å². The number of likely N-dealkylation sites (tertiary alicyclic amines) is 1. The van der Waals surface area contributed by atoms with Crippen LogP contribution in [0.1, 0.15) is 46.5 Å². The van der Waals surface area contributed by atoms with Crippen molar-refractivity contribution in [3.63, 3.8) is 0 Å². The van der Waals surface area contributed by atoms with Gasteiger partial charge in [0.15, 0.2) is 5.96 Å². The molecule has 1 saturated carbocycles. The number of aliphatic imine (C=N–C) groups is 1. The highest BCUT2D eigenvalue weighted by molar-refractivity contribution is 14.0. The third kappa shape index (κ3) is 7.85. The van der Waals surface area contributed by atoms with Crippen LogP contribution >= 0.6 is 24.0 Å². The molecular weight excluding hydrogens is 447 g/mol. The number of rotatable bonds is 8. The van der Waals surface area contributed by atoms with Gasteiger partial charge in [-0.1, -0.05) is 0 Å². The molecule has 0 radical (unpaired) electrons. The van der Waals surface area contributed by atoms with Crippen molar-refractivity contribution in [1.29, 1.82) is 0 Å².